The Hall–Kier alpha value is -1.52. The van der Waals surface area contributed by atoms with E-state index in [9.17, 15) is 4.79 Å². The van der Waals surface area contributed by atoms with Crippen LogP contribution in [-0.4, -0.2) is 34.3 Å². The van der Waals surface area contributed by atoms with Crippen molar-refractivity contribution in [3.8, 4) is 0 Å². The van der Waals surface area contributed by atoms with Crippen molar-refractivity contribution in [1.82, 2.24) is 10.1 Å². The number of likely N-dealkylation sites (tertiary alicyclic amines) is 1. The highest BCUT2D eigenvalue weighted by atomic mass is 16.5. The maximum absolute atomic E-state index is 10.9. The number of hydrogen-bond donors (Lipinski definition) is 1. The van der Waals surface area contributed by atoms with Crippen molar-refractivity contribution in [1.29, 1.82) is 0 Å². The summed E-state index contributed by atoms with van der Waals surface area (Å²) in [5.74, 6) is 1.45. The lowest BCUT2D eigenvalue weighted by Crippen LogP contribution is -2.59. The highest BCUT2D eigenvalue weighted by Gasteiger charge is 2.47. The molecule has 3 rings (SSSR count). The molecule has 21 heavy (non-hydrogen) atoms. The molecule has 5 nitrogen and oxygen atoms in total. The summed E-state index contributed by atoms with van der Waals surface area (Å²) in [5.41, 5.74) is 1.27. The zero-order valence-electron chi connectivity index (χ0n) is 13.1. The van der Waals surface area contributed by atoms with Crippen LogP contribution in [0.3, 0.4) is 0 Å². The van der Waals surface area contributed by atoms with Crippen LogP contribution in [0.15, 0.2) is 10.6 Å². The first kappa shape index (κ1) is 14.4. The lowest BCUT2D eigenvalue weighted by atomic mass is 9.65. The van der Waals surface area contributed by atoms with Crippen LogP contribution in [0.2, 0.25) is 0 Å². The summed E-state index contributed by atoms with van der Waals surface area (Å²) >= 11 is 0. The van der Waals surface area contributed by atoms with Crippen molar-refractivity contribution < 1.29 is 14.4 Å². The van der Waals surface area contributed by atoms with Gasteiger partial charge in [0, 0.05) is 35.9 Å². The molecule has 1 aromatic heterocycles. The first-order valence-electron chi connectivity index (χ1n) is 7.74. The smallest absolute Gasteiger partial charge is 0.407 e. The summed E-state index contributed by atoms with van der Waals surface area (Å²) in [5, 5.41) is 13.2. The average Bonchev–Trinajstić information content (AvgIpc) is 2.85. The van der Waals surface area contributed by atoms with Gasteiger partial charge in [-0.1, -0.05) is 25.9 Å². The van der Waals surface area contributed by atoms with Crippen LogP contribution >= 0.6 is 0 Å². The number of amides is 1. The fourth-order valence-corrected chi connectivity index (χ4v) is 3.56. The van der Waals surface area contributed by atoms with Crippen molar-refractivity contribution in [2.75, 3.05) is 13.1 Å². The summed E-state index contributed by atoms with van der Waals surface area (Å²) in [6, 6.07) is 2.10. The second-order valence-corrected chi connectivity index (χ2v) is 7.78. The molecule has 116 valence electrons. The van der Waals surface area contributed by atoms with Gasteiger partial charge in [-0.25, -0.2) is 4.79 Å². The molecule has 1 saturated carbocycles. The molecular weight excluding hydrogens is 268 g/mol. The fourth-order valence-electron chi connectivity index (χ4n) is 3.56. The number of carbonyl (C=O) groups is 1. The second kappa shape index (κ2) is 4.75. The molecule has 1 aliphatic heterocycles. The molecule has 0 radical (unpaired) electrons. The normalized spacial score (nSPS) is 22.3. The summed E-state index contributed by atoms with van der Waals surface area (Å²) in [4.78, 5) is 12.4. The van der Waals surface area contributed by atoms with Gasteiger partial charge in [-0.15, -0.1) is 0 Å². The Kier molecular flexibility index (Phi) is 3.26. The van der Waals surface area contributed by atoms with Crippen LogP contribution in [0.4, 0.5) is 4.79 Å². The third-order valence-corrected chi connectivity index (χ3v) is 5.07. The third kappa shape index (κ3) is 2.65. The second-order valence-electron chi connectivity index (χ2n) is 7.78. The molecule has 1 aliphatic carbocycles. The van der Waals surface area contributed by atoms with Crippen LogP contribution < -0.4 is 0 Å². The van der Waals surface area contributed by atoms with E-state index < -0.39 is 6.09 Å². The summed E-state index contributed by atoms with van der Waals surface area (Å²) in [6.07, 6.45) is 3.55. The maximum Gasteiger partial charge on any atom is 0.407 e. The van der Waals surface area contributed by atoms with Crippen molar-refractivity contribution in [2.24, 2.45) is 5.41 Å². The molecule has 0 unspecified atom stereocenters. The highest BCUT2D eigenvalue weighted by Crippen LogP contribution is 2.48. The molecule has 5 heteroatoms. The summed E-state index contributed by atoms with van der Waals surface area (Å²) in [7, 11) is 0. The topological polar surface area (TPSA) is 66.6 Å². The predicted molar refractivity (Wildman–Crippen MR) is 78.4 cm³/mol. The van der Waals surface area contributed by atoms with Crippen LogP contribution in [0.1, 0.15) is 63.8 Å². The van der Waals surface area contributed by atoms with Crippen molar-refractivity contribution >= 4 is 6.09 Å². The van der Waals surface area contributed by atoms with Crippen molar-refractivity contribution in [2.45, 2.75) is 57.8 Å². The van der Waals surface area contributed by atoms with Crippen molar-refractivity contribution in [3.05, 3.63) is 17.5 Å². The van der Waals surface area contributed by atoms with E-state index in [4.69, 9.17) is 9.63 Å². The van der Waals surface area contributed by atoms with Crippen LogP contribution in [-0.2, 0) is 5.41 Å². The van der Waals surface area contributed by atoms with E-state index in [1.54, 1.807) is 0 Å². The average molecular weight is 292 g/mol. The molecule has 0 atom stereocenters. The van der Waals surface area contributed by atoms with Crippen molar-refractivity contribution in [3.63, 3.8) is 0 Å². The van der Waals surface area contributed by atoms with Gasteiger partial charge < -0.3 is 14.5 Å². The fraction of sp³-hybridized carbons (Fsp3) is 0.750. The van der Waals surface area contributed by atoms with E-state index in [1.807, 2.05) is 0 Å². The predicted octanol–water partition coefficient (Wildman–Crippen LogP) is 3.61. The minimum Gasteiger partial charge on any atom is -0.465 e. The van der Waals surface area contributed by atoms with Gasteiger partial charge in [0.1, 0.15) is 5.76 Å². The van der Waals surface area contributed by atoms with Crippen LogP contribution in [0, 0.1) is 5.41 Å². The molecule has 2 aliphatic rings. The lowest BCUT2D eigenvalue weighted by molar-refractivity contribution is -0.0202. The number of rotatable bonds is 1. The Bertz CT molecular complexity index is 528. The van der Waals surface area contributed by atoms with E-state index in [0.717, 1.165) is 37.1 Å². The molecule has 2 heterocycles. The minimum atomic E-state index is -0.784. The lowest BCUT2D eigenvalue weighted by Gasteiger charge is -2.52. The Balaban J connectivity index is 1.59. The maximum atomic E-state index is 10.9. The van der Waals surface area contributed by atoms with E-state index in [0.29, 0.717) is 19.0 Å². The third-order valence-electron chi connectivity index (χ3n) is 5.07. The van der Waals surface area contributed by atoms with Gasteiger partial charge in [-0.3, -0.25) is 0 Å². The Morgan fingerprint density at radius 3 is 2.48 bits per heavy atom. The molecule has 1 aromatic rings. The quantitative estimate of drug-likeness (QED) is 0.858. The Labute approximate surface area is 125 Å². The first-order chi connectivity index (χ1) is 9.79. The molecular formula is C16H24N2O3. The number of carboxylic acid groups (broad SMARTS) is 1. The van der Waals surface area contributed by atoms with E-state index >= 15 is 0 Å². The minimum absolute atomic E-state index is 0.0214. The highest BCUT2D eigenvalue weighted by molar-refractivity contribution is 5.66. The van der Waals surface area contributed by atoms with Gasteiger partial charge in [-0.05, 0) is 25.7 Å². The van der Waals surface area contributed by atoms with E-state index in [-0.39, 0.29) is 10.8 Å². The van der Waals surface area contributed by atoms with Gasteiger partial charge in [0.05, 0.1) is 5.69 Å². The summed E-state index contributed by atoms with van der Waals surface area (Å²) < 4.78 is 5.56. The molecule has 2 fully saturated rings. The largest absolute Gasteiger partial charge is 0.465 e. The zero-order chi connectivity index (χ0) is 15.3. The number of aromatic nitrogens is 1. The van der Waals surface area contributed by atoms with Gasteiger partial charge in [0.15, 0.2) is 0 Å². The molecule has 0 aromatic carbocycles. The van der Waals surface area contributed by atoms with Gasteiger partial charge in [0.25, 0.3) is 0 Å². The standard InChI is InChI=1S/C16H24N2O3/c1-15(2,3)13-8-12(21-17-13)11-4-6-16(7-5-11)9-18(10-16)14(19)20/h8,11H,4-7,9-10H2,1-3H3,(H,19,20). The monoisotopic (exact) mass is 292 g/mol. The Morgan fingerprint density at radius 1 is 1.38 bits per heavy atom. The number of nitrogens with zero attached hydrogens (tertiary/aromatic N) is 2. The summed E-state index contributed by atoms with van der Waals surface area (Å²) in [6.45, 7) is 7.83. The Morgan fingerprint density at radius 2 is 2.00 bits per heavy atom. The first-order valence-corrected chi connectivity index (χ1v) is 7.74. The van der Waals surface area contributed by atoms with E-state index in [2.05, 4.69) is 32.0 Å². The van der Waals surface area contributed by atoms with Crippen LogP contribution in [0.5, 0.6) is 0 Å². The zero-order valence-corrected chi connectivity index (χ0v) is 13.1. The van der Waals surface area contributed by atoms with Gasteiger partial charge in [-0.2, -0.15) is 0 Å². The molecule has 0 bridgehead atoms. The van der Waals surface area contributed by atoms with E-state index in [1.165, 1.54) is 4.90 Å². The molecule has 1 N–H and O–H groups in total. The number of hydrogen-bond acceptors (Lipinski definition) is 3. The molecule has 1 saturated heterocycles. The van der Waals surface area contributed by atoms with Gasteiger partial charge in [0.2, 0.25) is 0 Å². The SMILES string of the molecule is CC(C)(C)c1cc(C2CCC3(CC2)CN(C(=O)O)C3)on1. The van der Waals surface area contributed by atoms with Gasteiger partial charge >= 0.3 is 6.09 Å². The van der Waals surface area contributed by atoms with Crippen LogP contribution in [0.25, 0.3) is 0 Å². The molecule has 1 spiro atoms. The molecule has 1 amide bonds.